The Labute approximate surface area is 137 Å². The van der Waals surface area contributed by atoms with Crippen LogP contribution in [0, 0.1) is 0 Å². The fourth-order valence-electron chi connectivity index (χ4n) is 1.82. The number of benzene rings is 1. The van der Waals surface area contributed by atoms with Gasteiger partial charge in [0, 0.05) is 6.54 Å². The number of carbonyl (C=O) groups excluding carboxylic acids is 1. The van der Waals surface area contributed by atoms with Gasteiger partial charge in [-0.2, -0.15) is 0 Å². The van der Waals surface area contributed by atoms with Crippen LogP contribution in [0.4, 0.5) is 0 Å². The molecule has 0 radical (unpaired) electrons. The molecule has 8 heteroatoms. The lowest BCUT2D eigenvalue weighted by molar-refractivity contribution is 0.0950. The smallest absolute Gasteiger partial charge is 0.255 e. The van der Waals surface area contributed by atoms with Crippen molar-refractivity contribution < 1.29 is 23.1 Å². The third-order valence-corrected chi connectivity index (χ3v) is 4.76. The highest BCUT2D eigenvalue weighted by Gasteiger charge is 2.27. The molecular formula is C15H24N2O5S. The van der Waals surface area contributed by atoms with Gasteiger partial charge < -0.3 is 15.2 Å². The molecule has 3 N–H and O–H groups in total. The number of aliphatic hydroxyl groups is 1. The number of rotatable bonds is 8. The van der Waals surface area contributed by atoms with Crippen molar-refractivity contribution in [3.63, 3.8) is 0 Å². The van der Waals surface area contributed by atoms with E-state index in [9.17, 15) is 18.3 Å². The Morgan fingerprint density at radius 2 is 2.00 bits per heavy atom. The summed E-state index contributed by atoms with van der Waals surface area (Å²) in [6, 6.07) is 4.05. The number of carbonyl (C=O) groups is 1. The number of amides is 1. The molecule has 0 bridgehead atoms. The number of methoxy groups -OCH3 is 1. The molecule has 0 atom stereocenters. The van der Waals surface area contributed by atoms with Crippen molar-refractivity contribution in [3.8, 4) is 5.75 Å². The van der Waals surface area contributed by atoms with Gasteiger partial charge >= 0.3 is 0 Å². The van der Waals surface area contributed by atoms with E-state index in [-0.39, 0.29) is 17.1 Å². The summed E-state index contributed by atoms with van der Waals surface area (Å²) in [6.07, 6.45) is 0.762. The molecule has 0 aliphatic heterocycles. The van der Waals surface area contributed by atoms with Gasteiger partial charge in [-0.15, -0.1) is 0 Å². The molecule has 0 unspecified atom stereocenters. The van der Waals surface area contributed by atoms with Gasteiger partial charge in [-0.3, -0.25) is 4.79 Å². The van der Waals surface area contributed by atoms with Gasteiger partial charge in [0.15, 0.2) is 0 Å². The quantitative estimate of drug-likeness (QED) is 0.649. The predicted molar refractivity (Wildman–Crippen MR) is 87.1 cm³/mol. The Morgan fingerprint density at radius 3 is 2.52 bits per heavy atom. The fourth-order valence-corrected chi connectivity index (χ4v) is 3.25. The molecule has 23 heavy (non-hydrogen) atoms. The molecule has 0 saturated heterocycles. The molecule has 0 spiro atoms. The first-order valence-electron chi connectivity index (χ1n) is 7.28. The minimum absolute atomic E-state index is 0.0681. The molecule has 130 valence electrons. The van der Waals surface area contributed by atoms with Gasteiger partial charge in [0.1, 0.15) is 5.75 Å². The molecule has 0 aliphatic rings. The van der Waals surface area contributed by atoms with Crippen LogP contribution in [0.3, 0.4) is 0 Å². The lowest BCUT2D eigenvalue weighted by Crippen LogP contribution is -2.46. The first-order valence-corrected chi connectivity index (χ1v) is 8.76. The van der Waals surface area contributed by atoms with Crippen molar-refractivity contribution >= 4 is 15.9 Å². The van der Waals surface area contributed by atoms with Crippen LogP contribution in [0.25, 0.3) is 0 Å². The topological polar surface area (TPSA) is 105 Å². The van der Waals surface area contributed by atoms with Crippen molar-refractivity contribution in [2.75, 3.05) is 20.3 Å². The van der Waals surface area contributed by atoms with Crippen LogP contribution < -0.4 is 14.8 Å². The van der Waals surface area contributed by atoms with Crippen molar-refractivity contribution in [2.45, 2.75) is 37.6 Å². The Kier molecular flexibility index (Phi) is 6.55. The summed E-state index contributed by atoms with van der Waals surface area (Å²) in [6.45, 7) is 5.16. The summed E-state index contributed by atoms with van der Waals surface area (Å²) in [7, 11) is -2.47. The maximum atomic E-state index is 12.4. The van der Waals surface area contributed by atoms with E-state index in [4.69, 9.17) is 4.74 Å². The predicted octanol–water partition coefficient (Wildman–Crippen LogP) is 0.884. The molecule has 1 amide bonds. The lowest BCUT2D eigenvalue weighted by Gasteiger charge is -2.23. The van der Waals surface area contributed by atoms with Gasteiger partial charge in [-0.05, 0) is 38.5 Å². The molecule has 0 saturated carbocycles. The average molecular weight is 344 g/mol. The highest BCUT2D eigenvalue weighted by atomic mass is 32.2. The van der Waals surface area contributed by atoms with E-state index in [0.29, 0.717) is 12.3 Å². The van der Waals surface area contributed by atoms with Crippen LogP contribution in [0.15, 0.2) is 23.1 Å². The molecule has 0 aromatic heterocycles. The number of aliphatic hydroxyl groups excluding tert-OH is 1. The Hall–Kier alpha value is -1.64. The zero-order valence-corrected chi connectivity index (χ0v) is 14.7. The van der Waals surface area contributed by atoms with Crippen LogP contribution in [0.1, 0.15) is 37.6 Å². The number of ether oxygens (including phenoxy) is 1. The van der Waals surface area contributed by atoms with Crippen LogP contribution >= 0.6 is 0 Å². The highest BCUT2D eigenvalue weighted by molar-refractivity contribution is 7.89. The molecule has 1 aromatic carbocycles. The van der Waals surface area contributed by atoms with E-state index < -0.39 is 21.5 Å². The van der Waals surface area contributed by atoms with Crippen molar-refractivity contribution in [2.24, 2.45) is 0 Å². The molecule has 1 rings (SSSR count). The highest BCUT2D eigenvalue weighted by Crippen LogP contribution is 2.23. The van der Waals surface area contributed by atoms with Crippen molar-refractivity contribution in [1.82, 2.24) is 10.0 Å². The Balaban J connectivity index is 3.21. The summed E-state index contributed by atoms with van der Waals surface area (Å²) in [5.41, 5.74) is -0.866. The third kappa shape index (κ3) is 5.19. The second kappa shape index (κ2) is 7.76. The molecular weight excluding hydrogens is 320 g/mol. The van der Waals surface area contributed by atoms with E-state index in [2.05, 4.69) is 10.0 Å². The molecule has 0 aliphatic carbocycles. The summed E-state index contributed by atoms with van der Waals surface area (Å²) in [5.74, 6) is -0.110. The summed E-state index contributed by atoms with van der Waals surface area (Å²) in [4.78, 5) is 12.1. The van der Waals surface area contributed by atoms with Gasteiger partial charge in [-0.1, -0.05) is 6.92 Å². The van der Waals surface area contributed by atoms with Crippen molar-refractivity contribution in [3.05, 3.63) is 23.8 Å². The average Bonchev–Trinajstić information content (AvgIpc) is 2.50. The van der Waals surface area contributed by atoms with Crippen LogP contribution in [-0.2, 0) is 10.0 Å². The zero-order valence-electron chi connectivity index (χ0n) is 13.8. The first-order chi connectivity index (χ1) is 10.7. The first kappa shape index (κ1) is 19.4. The summed E-state index contributed by atoms with van der Waals surface area (Å²) < 4.78 is 32.3. The zero-order chi connectivity index (χ0) is 17.7. The van der Waals surface area contributed by atoms with Gasteiger partial charge in [0.2, 0.25) is 10.0 Å². The lowest BCUT2D eigenvalue weighted by atomic mass is 10.1. The summed E-state index contributed by atoms with van der Waals surface area (Å²) in [5, 5.41) is 11.9. The number of sulfonamides is 1. The maximum Gasteiger partial charge on any atom is 0.255 e. The van der Waals surface area contributed by atoms with Gasteiger partial charge in [0.25, 0.3) is 5.91 Å². The third-order valence-electron chi connectivity index (χ3n) is 3.07. The van der Waals surface area contributed by atoms with E-state index in [1.54, 1.807) is 13.8 Å². The van der Waals surface area contributed by atoms with E-state index in [1.165, 1.54) is 25.3 Å². The fraction of sp³-hybridized carbons (Fsp3) is 0.533. The standard InChI is InChI=1S/C15H24N2O5S/c1-5-8-16-14(19)12-9-11(6-7-13(12)22-4)23(20,21)17-15(2,3)10-18/h6-7,9,17-18H,5,8,10H2,1-4H3,(H,16,19). The minimum atomic E-state index is -3.88. The molecule has 7 nitrogen and oxygen atoms in total. The van der Waals surface area contributed by atoms with Crippen LogP contribution in [-0.4, -0.2) is 45.2 Å². The van der Waals surface area contributed by atoms with E-state index >= 15 is 0 Å². The SMILES string of the molecule is CCCNC(=O)c1cc(S(=O)(=O)NC(C)(C)CO)ccc1OC. The number of nitrogens with one attached hydrogen (secondary N) is 2. The summed E-state index contributed by atoms with van der Waals surface area (Å²) >= 11 is 0. The normalized spacial score (nSPS) is 12.0. The largest absolute Gasteiger partial charge is 0.496 e. The maximum absolute atomic E-state index is 12.4. The molecule has 1 aromatic rings. The number of hydrogen-bond acceptors (Lipinski definition) is 5. The van der Waals surface area contributed by atoms with Gasteiger partial charge in [0.05, 0.1) is 29.7 Å². The van der Waals surface area contributed by atoms with Crippen molar-refractivity contribution in [1.29, 1.82) is 0 Å². The molecule has 0 heterocycles. The van der Waals surface area contributed by atoms with E-state index in [0.717, 1.165) is 6.42 Å². The van der Waals surface area contributed by atoms with Gasteiger partial charge in [-0.25, -0.2) is 13.1 Å². The van der Waals surface area contributed by atoms with E-state index in [1.807, 2.05) is 6.92 Å². The second-order valence-corrected chi connectivity index (χ2v) is 7.45. The van der Waals surface area contributed by atoms with Crippen LogP contribution in [0.5, 0.6) is 5.75 Å². The molecule has 0 fully saturated rings. The monoisotopic (exact) mass is 344 g/mol. The van der Waals surface area contributed by atoms with Crippen LogP contribution in [0.2, 0.25) is 0 Å². The second-order valence-electron chi connectivity index (χ2n) is 5.77. The minimum Gasteiger partial charge on any atom is -0.496 e. The number of hydrogen-bond donors (Lipinski definition) is 3. The Morgan fingerprint density at radius 1 is 1.35 bits per heavy atom. The Bertz CT molecular complexity index is 656.